The lowest BCUT2D eigenvalue weighted by Gasteiger charge is -2.34. The van der Waals surface area contributed by atoms with E-state index in [0.29, 0.717) is 25.3 Å². The first-order chi connectivity index (χ1) is 8.32. The third-order valence-electron chi connectivity index (χ3n) is 4.48. The lowest BCUT2D eigenvalue weighted by atomic mass is 9.76. The minimum atomic E-state index is -2.25. The molecule has 108 valence electrons. The molecular weight excluding hydrogens is 232 g/mol. The molecule has 0 aromatic carbocycles. The first-order valence-corrected chi connectivity index (χ1v) is 7.35. The summed E-state index contributed by atoms with van der Waals surface area (Å²) in [6.07, 6.45) is 2.84. The minimum absolute atomic E-state index is 0.239. The van der Waals surface area contributed by atoms with E-state index in [-0.39, 0.29) is 5.41 Å². The number of rotatable bonds is 4. The standard InChI is InChI=1S/C15H29F2N/c1-5-11-18-15(13(16)17)9-6-7-12(8-10-15)14(2,3)4/h12-13,18H,5-11H2,1-4H3. The fraction of sp³-hybridized carbons (Fsp3) is 1.00. The Hall–Kier alpha value is -0.180. The van der Waals surface area contributed by atoms with Gasteiger partial charge >= 0.3 is 0 Å². The third-order valence-corrected chi connectivity index (χ3v) is 4.48. The van der Waals surface area contributed by atoms with Gasteiger partial charge in [0.25, 0.3) is 6.43 Å². The smallest absolute Gasteiger partial charge is 0.256 e. The van der Waals surface area contributed by atoms with Gasteiger partial charge in [0.15, 0.2) is 0 Å². The highest BCUT2D eigenvalue weighted by molar-refractivity contribution is 4.94. The van der Waals surface area contributed by atoms with Gasteiger partial charge in [-0.1, -0.05) is 34.1 Å². The maximum absolute atomic E-state index is 13.4. The second kappa shape index (κ2) is 6.31. The van der Waals surface area contributed by atoms with Crippen molar-refractivity contribution < 1.29 is 8.78 Å². The highest BCUT2D eigenvalue weighted by Crippen LogP contribution is 2.41. The lowest BCUT2D eigenvalue weighted by Crippen LogP contribution is -2.51. The molecule has 1 aliphatic rings. The topological polar surface area (TPSA) is 12.0 Å². The summed E-state index contributed by atoms with van der Waals surface area (Å²) in [4.78, 5) is 0. The molecule has 1 aliphatic carbocycles. The molecule has 0 saturated heterocycles. The van der Waals surface area contributed by atoms with Crippen molar-refractivity contribution in [3.05, 3.63) is 0 Å². The molecule has 3 heteroatoms. The Balaban J connectivity index is 2.71. The summed E-state index contributed by atoms with van der Waals surface area (Å²) < 4.78 is 26.9. The normalized spacial score (nSPS) is 30.5. The number of halogens is 2. The maximum Gasteiger partial charge on any atom is 0.256 e. The Bertz CT molecular complexity index is 247. The first kappa shape index (κ1) is 15.9. The summed E-state index contributed by atoms with van der Waals surface area (Å²) in [7, 11) is 0. The van der Waals surface area contributed by atoms with Gasteiger partial charge in [0, 0.05) is 0 Å². The summed E-state index contributed by atoms with van der Waals surface area (Å²) in [6, 6.07) is 0. The van der Waals surface area contributed by atoms with Crippen LogP contribution in [0.4, 0.5) is 8.78 Å². The Morgan fingerprint density at radius 2 is 1.89 bits per heavy atom. The number of alkyl halides is 2. The van der Waals surface area contributed by atoms with Gasteiger partial charge in [-0.3, -0.25) is 0 Å². The Kier molecular flexibility index (Phi) is 5.57. The van der Waals surface area contributed by atoms with E-state index in [2.05, 4.69) is 26.1 Å². The summed E-state index contributed by atoms with van der Waals surface area (Å²) >= 11 is 0. The number of hydrogen-bond donors (Lipinski definition) is 1. The molecule has 1 saturated carbocycles. The first-order valence-electron chi connectivity index (χ1n) is 7.35. The highest BCUT2D eigenvalue weighted by atomic mass is 19.3. The SMILES string of the molecule is CCCNC1(C(F)F)CCCC(C(C)(C)C)CC1. The van der Waals surface area contributed by atoms with E-state index < -0.39 is 12.0 Å². The van der Waals surface area contributed by atoms with Crippen molar-refractivity contribution in [3.8, 4) is 0 Å². The van der Waals surface area contributed by atoms with E-state index in [4.69, 9.17) is 0 Å². The molecule has 2 atom stereocenters. The molecule has 0 heterocycles. The molecule has 1 N–H and O–H groups in total. The van der Waals surface area contributed by atoms with Crippen LogP contribution in [0.5, 0.6) is 0 Å². The van der Waals surface area contributed by atoms with Crippen molar-refractivity contribution in [3.63, 3.8) is 0 Å². The zero-order valence-electron chi connectivity index (χ0n) is 12.4. The van der Waals surface area contributed by atoms with E-state index in [1.807, 2.05) is 6.92 Å². The van der Waals surface area contributed by atoms with E-state index in [1.54, 1.807) is 0 Å². The average Bonchev–Trinajstić information content (AvgIpc) is 2.49. The fourth-order valence-electron chi connectivity index (χ4n) is 3.08. The molecule has 1 nitrogen and oxygen atoms in total. The van der Waals surface area contributed by atoms with Crippen molar-refractivity contribution in [2.75, 3.05) is 6.54 Å². The third kappa shape index (κ3) is 3.91. The molecule has 0 aromatic heterocycles. The number of nitrogens with one attached hydrogen (secondary N) is 1. The molecule has 0 aromatic rings. The fourth-order valence-corrected chi connectivity index (χ4v) is 3.08. The van der Waals surface area contributed by atoms with Crippen molar-refractivity contribution in [1.29, 1.82) is 0 Å². The largest absolute Gasteiger partial charge is 0.306 e. The van der Waals surface area contributed by atoms with Crippen LogP contribution in [-0.2, 0) is 0 Å². The molecule has 2 unspecified atom stereocenters. The molecule has 1 fully saturated rings. The van der Waals surface area contributed by atoms with Crippen LogP contribution in [0, 0.1) is 11.3 Å². The van der Waals surface area contributed by atoms with Crippen molar-refractivity contribution >= 4 is 0 Å². The molecule has 0 bridgehead atoms. The van der Waals surface area contributed by atoms with E-state index in [1.165, 1.54) is 0 Å². The van der Waals surface area contributed by atoms with Gasteiger partial charge < -0.3 is 5.32 Å². The van der Waals surface area contributed by atoms with Crippen molar-refractivity contribution in [1.82, 2.24) is 5.32 Å². The summed E-state index contributed by atoms with van der Waals surface area (Å²) in [5, 5.41) is 3.15. The van der Waals surface area contributed by atoms with Gasteiger partial charge in [-0.2, -0.15) is 0 Å². The zero-order valence-corrected chi connectivity index (χ0v) is 12.4. The quantitative estimate of drug-likeness (QED) is 0.728. The lowest BCUT2D eigenvalue weighted by molar-refractivity contribution is 0.0183. The summed E-state index contributed by atoms with van der Waals surface area (Å²) in [5.41, 5.74) is -0.682. The van der Waals surface area contributed by atoms with Gasteiger partial charge in [-0.05, 0) is 50.0 Å². The maximum atomic E-state index is 13.4. The van der Waals surface area contributed by atoms with Crippen LogP contribution in [0.25, 0.3) is 0 Å². The average molecular weight is 261 g/mol. The summed E-state index contributed by atoms with van der Waals surface area (Å²) in [6.45, 7) is 9.41. The van der Waals surface area contributed by atoms with Crippen LogP contribution in [0.15, 0.2) is 0 Å². The molecule has 1 rings (SSSR count). The molecule has 18 heavy (non-hydrogen) atoms. The van der Waals surface area contributed by atoms with Crippen LogP contribution in [0.3, 0.4) is 0 Å². The predicted octanol–water partition coefficient (Wildman–Crippen LogP) is 4.62. The summed E-state index contributed by atoms with van der Waals surface area (Å²) in [5.74, 6) is 0.571. The monoisotopic (exact) mass is 261 g/mol. The second-order valence-corrected chi connectivity index (χ2v) is 6.88. The van der Waals surface area contributed by atoms with Crippen LogP contribution < -0.4 is 5.32 Å². The van der Waals surface area contributed by atoms with Gasteiger partial charge in [-0.15, -0.1) is 0 Å². The van der Waals surface area contributed by atoms with Gasteiger partial charge in [0.2, 0.25) is 0 Å². The van der Waals surface area contributed by atoms with Gasteiger partial charge in [0.1, 0.15) is 0 Å². The molecular formula is C15H29F2N. The van der Waals surface area contributed by atoms with Gasteiger partial charge in [0.05, 0.1) is 5.54 Å². The minimum Gasteiger partial charge on any atom is -0.306 e. The molecule has 0 amide bonds. The van der Waals surface area contributed by atoms with E-state index in [9.17, 15) is 8.78 Å². The molecule has 0 aliphatic heterocycles. The van der Waals surface area contributed by atoms with Crippen LogP contribution in [0.1, 0.15) is 66.2 Å². The zero-order chi connectivity index (χ0) is 13.8. The molecule has 0 radical (unpaired) electrons. The van der Waals surface area contributed by atoms with E-state index >= 15 is 0 Å². The van der Waals surface area contributed by atoms with Crippen LogP contribution >= 0.6 is 0 Å². The van der Waals surface area contributed by atoms with Crippen LogP contribution in [-0.4, -0.2) is 18.5 Å². The van der Waals surface area contributed by atoms with Crippen molar-refractivity contribution in [2.45, 2.75) is 78.2 Å². The van der Waals surface area contributed by atoms with Crippen LogP contribution in [0.2, 0.25) is 0 Å². The van der Waals surface area contributed by atoms with Gasteiger partial charge in [-0.25, -0.2) is 8.78 Å². The Morgan fingerprint density at radius 1 is 1.22 bits per heavy atom. The Morgan fingerprint density at radius 3 is 2.39 bits per heavy atom. The molecule has 0 spiro atoms. The van der Waals surface area contributed by atoms with Crippen molar-refractivity contribution in [2.24, 2.45) is 11.3 Å². The highest BCUT2D eigenvalue weighted by Gasteiger charge is 2.42. The van der Waals surface area contributed by atoms with E-state index in [0.717, 1.165) is 25.7 Å². The second-order valence-electron chi connectivity index (χ2n) is 6.88. The Labute approximate surface area is 111 Å². The predicted molar refractivity (Wildman–Crippen MR) is 73.1 cm³/mol. The number of hydrogen-bond acceptors (Lipinski definition) is 1.